The summed E-state index contributed by atoms with van der Waals surface area (Å²) in [5.74, 6) is 0. The lowest BCUT2D eigenvalue weighted by Gasteiger charge is -2.43. The van der Waals surface area contributed by atoms with Crippen LogP contribution in [0.3, 0.4) is 0 Å². The number of ether oxygens (including phenoxy) is 2. The van der Waals surface area contributed by atoms with Gasteiger partial charge in [0.25, 0.3) is 0 Å². The fourth-order valence-electron chi connectivity index (χ4n) is 7.56. The van der Waals surface area contributed by atoms with Crippen molar-refractivity contribution in [2.45, 2.75) is 138 Å². The van der Waals surface area contributed by atoms with Gasteiger partial charge in [-0.2, -0.15) is 0 Å². The van der Waals surface area contributed by atoms with E-state index in [-0.39, 0.29) is 23.0 Å². The fourth-order valence-corrected chi connectivity index (χ4v) is 7.56. The Kier molecular flexibility index (Phi) is 16.7. The second kappa shape index (κ2) is 20.0. The molecule has 1 aliphatic heterocycles. The first-order valence-electron chi connectivity index (χ1n) is 19.0. The zero-order valence-electron chi connectivity index (χ0n) is 33.7. The molecule has 0 unspecified atom stereocenters. The van der Waals surface area contributed by atoms with E-state index in [1.807, 2.05) is 12.2 Å². The van der Waals surface area contributed by atoms with E-state index in [0.29, 0.717) is 12.8 Å². The van der Waals surface area contributed by atoms with Crippen LogP contribution in [0.5, 0.6) is 0 Å². The van der Waals surface area contributed by atoms with Crippen molar-refractivity contribution >= 4 is 0 Å². The minimum atomic E-state index is -1.45. The summed E-state index contributed by atoms with van der Waals surface area (Å²) in [7, 11) is 0. The van der Waals surface area contributed by atoms with E-state index in [1.165, 1.54) is 27.9 Å². The first-order valence-corrected chi connectivity index (χ1v) is 19.0. The zero-order chi connectivity index (χ0) is 39.5. The molecule has 0 amide bonds. The highest BCUT2D eigenvalue weighted by atomic mass is 16.7. The predicted octanol–water partition coefficient (Wildman–Crippen LogP) is 8.37. The highest BCUT2D eigenvalue weighted by molar-refractivity contribution is 5.39. The van der Waals surface area contributed by atoms with Crippen LogP contribution in [0.2, 0.25) is 0 Å². The van der Waals surface area contributed by atoms with E-state index in [2.05, 4.69) is 142 Å². The van der Waals surface area contributed by atoms with Gasteiger partial charge in [-0.15, -0.1) is 0 Å². The second-order valence-corrected chi connectivity index (χ2v) is 16.5. The minimum absolute atomic E-state index is 0.0167. The van der Waals surface area contributed by atoms with Gasteiger partial charge in [-0.3, -0.25) is 0 Å². The van der Waals surface area contributed by atoms with Crippen LogP contribution < -0.4 is 0 Å². The first-order chi connectivity index (χ1) is 24.8. The molecule has 0 aromatic rings. The number of rotatable bonds is 13. The van der Waals surface area contributed by atoms with E-state index < -0.39 is 37.3 Å². The lowest BCUT2D eigenvalue weighted by molar-refractivity contribution is -0.313. The molecule has 7 heteroatoms. The van der Waals surface area contributed by atoms with E-state index in [1.54, 1.807) is 0 Å². The topological polar surface area (TPSA) is 120 Å². The molecule has 3 aliphatic rings. The van der Waals surface area contributed by atoms with Gasteiger partial charge in [0.15, 0.2) is 6.29 Å². The molecule has 5 N–H and O–H groups in total. The summed E-state index contributed by atoms with van der Waals surface area (Å²) >= 11 is 0. The third-order valence-electron chi connectivity index (χ3n) is 10.4. The number of allylic oxidation sites excluding steroid dienone is 20. The Balaban J connectivity index is 1.52. The second-order valence-electron chi connectivity index (χ2n) is 16.5. The van der Waals surface area contributed by atoms with Crippen LogP contribution in [0.25, 0.3) is 0 Å². The largest absolute Gasteiger partial charge is 0.394 e. The molecule has 1 fully saturated rings. The summed E-state index contributed by atoms with van der Waals surface area (Å²) in [5.41, 5.74) is 9.39. The molecule has 292 valence electrons. The SMILES string of the molecule is CC1=C(/C=C/C(C)=C/C=C/C(C)=C/C=C/C=C(C)/C=C/C=C(C)/C=C/C2=C(C)C[C@@H](O[C@@H]3O[C@H](CO)[C@@H](O)[C@H](O)[C@H]3O)CC2(C)C)C(C)(C)C[C@@H](O)C1. The van der Waals surface area contributed by atoms with Gasteiger partial charge in [-0.05, 0) is 89.2 Å². The number of aliphatic hydroxyl groups excluding tert-OH is 5. The van der Waals surface area contributed by atoms with E-state index in [0.717, 1.165) is 29.6 Å². The molecule has 0 aromatic carbocycles. The molecule has 0 spiro atoms. The van der Waals surface area contributed by atoms with Gasteiger partial charge in [0, 0.05) is 0 Å². The average Bonchev–Trinajstić information content (AvgIpc) is 3.05. The van der Waals surface area contributed by atoms with Crippen molar-refractivity contribution in [1.82, 2.24) is 0 Å². The summed E-state index contributed by atoms with van der Waals surface area (Å²) < 4.78 is 11.7. The van der Waals surface area contributed by atoms with E-state index >= 15 is 0 Å². The summed E-state index contributed by atoms with van der Waals surface area (Å²) in [4.78, 5) is 0. The summed E-state index contributed by atoms with van der Waals surface area (Å²) in [6, 6.07) is 0. The molecule has 0 saturated carbocycles. The maximum Gasteiger partial charge on any atom is 0.186 e. The number of hydrogen-bond donors (Lipinski definition) is 5. The van der Waals surface area contributed by atoms with Crippen LogP contribution in [0, 0.1) is 10.8 Å². The minimum Gasteiger partial charge on any atom is -0.394 e. The molecular formula is C46H66O7. The Morgan fingerprint density at radius 2 is 1.09 bits per heavy atom. The first kappa shape index (κ1) is 44.3. The normalized spacial score (nSPS) is 31.1. The van der Waals surface area contributed by atoms with Crippen LogP contribution in [-0.2, 0) is 9.47 Å². The predicted molar refractivity (Wildman–Crippen MR) is 217 cm³/mol. The van der Waals surface area contributed by atoms with Gasteiger partial charge < -0.3 is 35.0 Å². The van der Waals surface area contributed by atoms with Crippen molar-refractivity contribution in [2.24, 2.45) is 10.8 Å². The summed E-state index contributed by atoms with van der Waals surface area (Å²) in [6.07, 6.45) is 25.5. The third-order valence-corrected chi connectivity index (χ3v) is 10.4. The molecule has 1 saturated heterocycles. The van der Waals surface area contributed by atoms with Crippen LogP contribution in [0.15, 0.2) is 130 Å². The maximum absolute atomic E-state index is 10.4. The van der Waals surface area contributed by atoms with Crippen molar-refractivity contribution in [3.05, 3.63) is 130 Å². The molecule has 53 heavy (non-hydrogen) atoms. The lowest BCUT2D eigenvalue weighted by atomic mass is 9.71. The van der Waals surface area contributed by atoms with Gasteiger partial charge >= 0.3 is 0 Å². The Hall–Kier alpha value is -3.14. The summed E-state index contributed by atoms with van der Waals surface area (Å²) in [5, 5.41) is 50.3. The Labute approximate surface area is 319 Å². The summed E-state index contributed by atoms with van der Waals surface area (Å²) in [6.45, 7) is 20.8. The van der Waals surface area contributed by atoms with Crippen molar-refractivity contribution in [3.8, 4) is 0 Å². The molecule has 0 aromatic heterocycles. The quantitative estimate of drug-likeness (QED) is 0.121. The number of hydrogen-bond acceptors (Lipinski definition) is 7. The molecule has 2 aliphatic carbocycles. The molecule has 7 nitrogen and oxygen atoms in total. The third kappa shape index (κ3) is 13.3. The van der Waals surface area contributed by atoms with E-state index in [9.17, 15) is 25.5 Å². The lowest BCUT2D eigenvalue weighted by Crippen LogP contribution is -2.59. The molecule has 7 atom stereocenters. The Morgan fingerprint density at radius 3 is 1.57 bits per heavy atom. The van der Waals surface area contributed by atoms with Crippen LogP contribution in [0.1, 0.15) is 94.9 Å². The van der Waals surface area contributed by atoms with Crippen molar-refractivity contribution < 1.29 is 35.0 Å². The maximum atomic E-state index is 10.4. The van der Waals surface area contributed by atoms with Gasteiger partial charge in [0.05, 0.1) is 18.8 Å². The monoisotopic (exact) mass is 730 g/mol. The van der Waals surface area contributed by atoms with Crippen molar-refractivity contribution in [3.63, 3.8) is 0 Å². The molecular weight excluding hydrogens is 664 g/mol. The molecule has 0 bridgehead atoms. The Morgan fingerprint density at radius 1 is 0.642 bits per heavy atom. The smallest absolute Gasteiger partial charge is 0.186 e. The van der Waals surface area contributed by atoms with Gasteiger partial charge in [-0.25, -0.2) is 0 Å². The standard InChI is InChI=1S/C46H66O7/c1-30(17-13-19-32(3)21-23-38-34(5)25-36(48)27-45(38,7)8)15-11-12-16-31(2)18-14-20-33(4)22-24-39-35(6)26-37(28-46(39,9)10)52-44-43(51)42(50)41(49)40(29-47)53-44/h11-24,36-37,40-44,47-51H,25-29H2,1-10H3/b12-11+,17-13+,18-14+,23-21+,24-22+,30-15+,31-16+,32-19+,33-20+/t36-,37+,40+,41+,42-,43+,44+/m0/s1. The van der Waals surface area contributed by atoms with Gasteiger partial charge in [0.1, 0.15) is 24.4 Å². The number of aliphatic hydroxyl groups is 5. The van der Waals surface area contributed by atoms with Crippen LogP contribution >= 0.6 is 0 Å². The van der Waals surface area contributed by atoms with Gasteiger partial charge in [0.2, 0.25) is 0 Å². The average molecular weight is 731 g/mol. The molecule has 3 rings (SSSR count). The Bertz CT molecular complexity index is 1600. The molecule has 0 radical (unpaired) electrons. The van der Waals surface area contributed by atoms with Crippen molar-refractivity contribution in [2.75, 3.05) is 6.61 Å². The highest BCUT2D eigenvalue weighted by Crippen LogP contribution is 2.43. The van der Waals surface area contributed by atoms with Crippen LogP contribution in [-0.4, -0.2) is 75.1 Å². The van der Waals surface area contributed by atoms with Gasteiger partial charge in [-0.1, -0.05) is 146 Å². The van der Waals surface area contributed by atoms with E-state index in [4.69, 9.17) is 9.47 Å². The fraction of sp³-hybridized carbons (Fsp3) is 0.522. The van der Waals surface area contributed by atoms with Crippen LogP contribution in [0.4, 0.5) is 0 Å². The molecule has 1 heterocycles. The zero-order valence-corrected chi connectivity index (χ0v) is 33.7. The van der Waals surface area contributed by atoms with Crippen molar-refractivity contribution in [1.29, 1.82) is 0 Å². The highest BCUT2D eigenvalue weighted by Gasteiger charge is 2.46.